The number of hydrogen-bond donors (Lipinski definition) is 0. The van der Waals surface area contributed by atoms with Crippen molar-refractivity contribution in [3.8, 4) is 0 Å². The maximum atomic E-state index is 12.7. The van der Waals surface area contributed by atoms with Crippen LogP contribution in [0.3, 0.4) is 0 Å². The van der Waals surface area contributed by atoms with Gasteiger partial charge in [-0.1, -0.05) is 17.9 Å². The maximum absolute atomic E-state index is 12.7. The number of alkyl halides is 3. The van der Waals surface area contributed by atoms with Crippen LogP contribution in [0, 0.1) is 5.82 Å². The number of rotatable bonds is 2. The molecule has 1 aromatic carbocycles. The van der Waals surface area contributed by atoms with Gasteiger partial charge in [-0.15, -0.1) is 0 Å². The molecular formula is C8H5BF7K. The zero-order chi connectivity index (χ0) is 12.6. The maximum Gasteiger partial charge on any atom is 1.00 e. The summed E-state index contributed by atoms with van der Waals surface area (Å²) in [5.74, 6) is -1.58. The van der Waals surface area contributed by atoms with E-state index in [1.165, 1.54) is 0 Å². The molecule has 0 atom stereocenters. The number of benzene rings is 1. The normalized spacial score (nSPS) is 12.2. The summed E-state index contributed by atoms with van der Waals surface area (Å²) in [6.07, 6.45) is -6.44. The largest absolute Gasteiger partial charge is 1.00 e. The molecule has 0 saturated carbocycles. The third kappa shape index (κ3) is 5.73. The second-order valence-corrected chi connectivity index (χ2v) is 3.23. The first-order valence-electron chi connectivity index (χ1n) is 4.16. The SMILES string of the molecule is Fc1ccc(C[B-](F)(F)F)cc1C(F)(F)F.[K+]. The van der Waals surface area contributed by atoms with Gasteiger partial charge in [0.2, 0.25) is 0 Å². The standard InChI is InChI=1S/C8H5BF7.K/c10-7-2-1-5(4-9(14,15)16)3-6(7)8(11,12)13;/h1-3H,4H2;/q-1;+1. The minimum Gasteiger partial charge on any atom is -0.449 e. The van der Waals surface area contributed by atoms with Crippen molar-refractivity contribution in [3.05, 3.63) is 35.1 Å². The summed E-state index contributed by atoms with van der Waals surface area (Å²) in [5, 5.41) is 0. The Labute approximate surface area is 135 Å². The topological polar surface area (TPSA) is 0 Å². The van der Waals surface area contributed by atoms with Crippen molar-refractivity contribution in [2.24, 2.45) is 0 Å². The third-order valence-electron chi connectivity index (χ3n) is 1.80. The van der Waals surface area contributed by atoms with Crippen LogP contribution in [-0.4, -0.2) is 6.98 Å². The second kappa shape index (κ2) is 6.05. The molecule has 0 amide bonds. The Bertz CT molecular complexity index is 384. The molecular weight excluding hydrogens is 279 g/mol. The van der Waals surface area contributed by atoms with E-state index in [1.54, 1.807) is 0 Å². The van der Waals surface area contributed by atoms with E-state index in [0.717, 1.165) is 0 Å². The molecule has 0 bridgehead atoms. The first-order chi connectivity index (χ1) is 7.09. The second-order valence-electron chi connectivity index (χ2n) is 3.23. The van der Waals surface area contributed by atoms with Crippen LogP contribution in [-0.2, 0) is 12.5 Å². The molecule has 0 aliphatic rings. The molecule has 0 aromatic heterocycles. The molecule has 0 aliphatic heterocycles. The van der Waals surface area contributed by atoms with Gasteiger partial charge in [0.15, 0.2) is 0 Å². The monoisotopic (exact) mass is 284 g/mol. The summed E-state index contributed by atoms with van der Waals surface area (Å²) < 4.78 is 85.0. The van der Waals surface area contributed by atoms with Crippen molar-refractivity contribution in [2.45, 2.75) is 12.5 Å². The fourth-order valence-corrected chi connectivity index (χ4v) is 1.18. The minimum absolute atomic E-state index is 0. The molecule has 0 nitrogen and oxygen atoms in total. The van der Waals surface area contributed by atoms with Crippen LogP contribution >= 0.6 is 0 Å². The van der Waals surface area contributed by atoms with Crippen molar-refractivity contribution in [2.75, 3.05) is 0 Å². The van der Waals surface area contributed by atoms with Crippen LogP contribution in [0.4, 0.5) is 30.5 Å². The number of hydrogen-bond acceptors (Lipinski definition) is 0. The molecule has 0 fully saturated rings. The van der Waals surface area contributed by atoms with E-state index in [4.69, 9.17) is 0 Å². The van der Waals surface area contributed by atoms with E-state index < -0.39 is 36.4 Å². The molecule has 90 valence electrons. The van der Waals surface area contributed by atoms with Gasteiger partial charge in [-0.05, 0) is 12.1 Å². The molecule has 0 saturated heterocycles. The first kappa shape index (κ1) is 17.4. The van der Waals surface area contributed by atoms with Gasteiger partial charge in [0.05, 0.1) is 5.56 Å². The molecule has 9 heteroatoms. The van der Waals surface area contributed by atoms with Crippen molar-refractivity contribution in [1.29, 1.82) is 0 Å². The van der Waals surface area contributed by atoms with E-state index in [9.17, 15) is 30.5 Å². The zero-order valence-electron chi connectivity index (χ0n) is 8.66. The Kier molecular flexibility index (Phi) is 6.20. The van der Waals surface area contributed by atoms with Crippen LogP contribution in [0.5, 0.6) is 0 Å². The summed E-state index contributed by atoms with van der Waals surface area (Å²) in [7, 11) is 0. The Morgan fingerprint density at radius 1 is 1.06 bits per heavy atom. The molecule has 0 spiro atoms. The molecule has 1 aromatic rings. The summed E-state index contributed by atoms with van der Waals surface area (Å²) in [6, 6.07) is 1.27. The Balaban J connectivity index is 0.00000256. The van der Waals surface area contributed by atoms with Crippen molar-refractivity contribution < 1.29 is 81.9 Å². The van der Waals surface area contributed by atoms with Crippen molar-refractivity contribution in [3.63, 3.8) is 0 Å². The average Bonchev–Trinajstić information content (AvgIpc) is 2.04. The van der Waals surface area contributed by atoms with Crippen molar-refractivity contribution >= 4 is 6.98 Å². The van der Waals surface area contributed by atoms with Crippen molar-refractivity contribution in [1.82, 2.24) is 0 Å². The summed E-state index contributed by atoms with van der Waals surface area (Å²) in [6.45, 7) is -5.24. The predicted octanol–water partition coefficient (Wildman–Crippen LogP) is 0.778. The predicted molar refractivity (Wildman–Crippen MR) is 44.2 cm³/mol. The van der Waals surface area contributed by atoms with Gasteiger partial charge in [0.25, 0.3) is 0 Å². The quantitative estimate of drug-likeness (QED) is 0.556. The molecule has 0 heterocycles. The summed E-state index contributed by atoms with van der Waals surface area (Å²) in [4.78, 5) is 0. The van der Waals surface area contributed by atoms with E-state index in [0.29, 0.717) is 12.1 Å². The molecule has 0 radical (unpaired) electrons. The van der Waals surface area contributed by atoms with Crippen LogP contribution in [0.15, 0.2) is 18.2 Å². The minimum atomic E-state index is -5.24. The van der Waals surface area contributed by atoms with Gasteiger partial charge in [-0.3, -0.25) is 0 Å². The van der Waals surface area contributed by atoms with Crippen LogP contribution in [0.1, 0.15) is 11.1 Å². The Morgan fingerprint density at radius 2 is 1.59 bits per heavy atom. The number of halogens is 7. The molecule has 0 unspecified atom stereocenters. The fourth-order valence-electron chi connectivity index (χ4n) is 1.18. The third-order valence-corrected chi connectivity index (χ3v) is 1.80. The van der Waals surface area contributed by atoms with E-state index >= 15 is 0 Å². The molecule has 1 rings (SSSR count). The molecule has 17 heavy (non-hydrogen) atoms. The summed E-state index contributed by atoms with van der Waals surface area (Å²) >= 11 is 0. The first-order valence-corrected chi connectivity index (χ1v) is 4.16. The van der Waals surface area contributed by atoms with Crippen LogP contribution in [0.2, 0.25) is 0 Å². The van der Waals surface area contributed by atoms with Crippen LogP contribution in [0.25, 0.3) is 0 Å². The molecule has 0 aliphatic carbocycles. The Hall–Kier alpha value is 0.431. The summed E-state index contributed by atoms with van der Waals surface area (Å²) in [5.41, 5.74) is -2.27. The Morgan fingerprint density at radius 3 is 2.00 bits per heavy atom. The van der Waals surface area contributed by atoms with E-state index in [2.05, 4.69) is 0 Å². The van der Waals surface area contributed by atoms with Gasteiger partial charge >= 0.3 is 64.5 Å². The molecule has 0 N–H and O–H groups in total. The van der Waals surface area contributed by atoms with Gasteiger partial charge in [-0.2, -0.15) is 13.2 Å². The van der Waals surface area contributed by atoms with Gasteiger partial charge < -0.3 is 12.9 Å². The van der Waals surface area contributed by atoms with Gasteiger partial charge in [-0.25, -0.2) is 4.39 Å². The average molecular weight is 284 g/mol. The smallest absolute Gasteiger partial charge is 0.449 e. The van der Waals surface area contributed by atoms with Crippen LogP contribution < -0.4 is 51.4 Å². The zero-order valence-corrected chi connectivity index (χ0v) is 11.8. The van der Waals surface area contributed by atoms with E-state index in [1.807, 2.05) is 0 Å². The van der Waals surface area contributed by atoms with Gasteiger partial charge in [0.1, 0.15) is 5.82 Å². The van der Waals surface area contributed by atoms with Gasteiger partial charge in [0, 0.05) is 0 Å². The fraction of sp³-hybridized carbons (Fsp3) is 0.250. The van der Waals surface area contributed by atoms with E-state index in [-0.39, 0.29) is 57.5 Å².